The van der Waals surface area contributed by atoms with E-state index in [2.05, 4.69) is 0 Å². The second kappa shape index (κ2) is 8.30. The summed E-state index contributed by atoms with van der Waals surface area (Å²) in [5.41, 5.74) is 0.190. The lowest BCUT2D eigenvalue weighted by molar-refractivity contribution is -0.169. The summed E-state index contributed by atoms with van der Waals surface area (Å²) >= 11 is 1.54. The molecule has 0 bridgehead atoms. The first-order valence-electron chi connectivity index (χ1n) is 9.02. The number of ether oxygens (including phenoxy) is 2. The minimum atomic E-state index is -0.749. The normalized spacial score (nSPS) is 22.2. The molecule has 0 aromatic heterocycles. The van der Waals surface area contributed by atoms with Gasteiger partial charge in [-0.15, -0.1) is 16.8 Å². The molecule has 2 aliphatic heterocycles. The van der Waals surface area contributed by atoms with E-state index in [0.717, 1.165) is 10.6 Å². The quantitative estimate of drug-likeness (QED) is 0.759. The van der Waals surface area contributed by atoms with Crippen LogP contribution in [0.25, 0.3) is 0 Å². The van der Waals surface area contributed by atoms with E-state index in [0.29, 0.717) is 11.6 Å². The van der Waals surface area contributed by atoms with Crippen LogP contribution in [0.15, 0.2) is 30.3 Å². The van der Waals surface area contributed by atoms with Gasteiger partial charge in [0.05, 0.1) is 18.3 Å². The molecule has 0 spiro atoms. The average molecular weight is 408 g/mol. The van der Waals surface area contributed by atoms with Crippen molar-refractivity contribution < 1.29 is 28.7 Å². The zero-order valence-electron chi connectivity index (χ0n) is 16.1. The van der Waals surface area contributed by atoms with Gasteiger partial charge in [-0.3, -0.25) is 4.90 Å². The number of carbonyl (C=O) groups excluding carboxylic acids is 3. The van der Waals surface area contributed by atoms with Gasteiger partial charge in [0, 0.05) is 5.75 Å². The SMILES string of the molecule is CC(C)(C)OC(=O)N1CSC[C@H]1[C@@H]1CC(=O)ON1C(=O)OCc1ccccc1. The summed E-state index contributed by atoms with van der Waals surface area (Å²) in [5.74, 6) is 0.475. The molecule has 0 unspecified atom stereocenters. The van der Waals surface area contributed by atoms with E-state index in [-0.39, 0.29) is 13.0 Å². The number of nitrogens with zero attached hydrogens (tertiary/aromatic N) is 2. The molecule has 2 fully saturated rings. The number of hydroxylamine groups is 2. The molecule has 2 amide bonds. The molecule has 8 nitrogen and oxygen atoms in total. The molecule has 28 heavy (non-hydrogen) atoms. The van der Waals surface area contributed by atoms with Gasteiger partial charge >= 0.3 is 18.2 Å². The van der Waals surface area contributed by atoms with Crippen LogP contribution in [0.5, 0.6) is 0 Å². The van der Waals surface area contributed by atoms with E-state index < -0.39 is 35.8 Å². The lowest BCUT2D eigenvalue weighted by Crippen LogP contribution is -2.51. The molecule has 0 saturated carbocycles. The number of thioether (sulfide) groups is 1. The molecule has 2 saturated heterocycles. The van der Waals surface area contributed by atoms with Gasteiger partial charge in [0.15, 0.2) is 0 Å². The van der Waals surface area contributed by atoms with Crippen molar-refractivity contribution in [3.63, 3.8) is 0 Å². The van der Waals surface area contributed by atoms with Gasteiger partial charge in [0.25, 0.3) is 0 Å². The fourth-order valence-corrected chi connectivity index (χ4v) is 4.24. The highest BCUT2D eigenvalue weighted by molar-refractivity contribution is 7.99. The van der Waals surface area contributed by atoms with Gasteiger partial charge in [-0.1, -0.05) is 30.3 Å². The largest absolute Gasteiger partial charge is 0.444 e. The molecule has 2 aliphatic rings. The average Bonchev–Trinajstić information content (AvgIpc) is 3.25. The van der Waals surface area contributed by atoms with Crippen LogP contribution in [-0.2, 0) is 25.7 Å². The third-order valence-electron chi connectivity index (χ3n) is 4.25. The highest BCUT2D eigenvalue weighted by Crippen LogP contribution is 2.32. The highest BCUT2D eigenvalue weighted by Gasteiger charge is 2.48. The molecule has 0 N–H and O–H groups in total. The Hall–Kier alpha value is -2.42. The van der Waals surface area contributed by atoms with E-state index >= 15 is 0 Å². The maximum Gasteiger partial charge on any atom is 0.444 e. The molecule has 3 rings (SSSR count). The first-order valence-corrected chi connectivity index (χ1v) is 10.2. The summed E-state index contributed by atoms with van der Waals surface area (Å²) < 4.78 is 10.7. The zero-order chi connectivity index (χ0) is 20.3. The smallest absolute Gasteiger partial charge is 0.444 e. The molecule has 1 aromatic rings. The van der Waals surface area contributed by atoms with Gasteiger partial charge < -0.3 is 14.3 Å². The first kappa shape index (κ1) is 20.3. The minimum absolute atomic E-state index is 0.00492. The zero-order valence-corrected chi connectivity index (χ0v) is 16.9. The Bertz CT molecular complexity index is 736. The summed E-state index contributed by atoms with van der Waals surface area (Å²) in [7, 11) is 0. The third kappa shape index (κ3) is 4.89. The second-order valence-corrected chi connectivity index (χ2v) is 8.62. The van der Waals surface area contributed by atoms with Gasteiger partial charge in [0.2, 0.25) is 0 Å². The molecule has 1 aromatic carbocycles. The molecule has 0 radical (unpaired) electrons. The van der Waals surface area contributed by atoms with Crippen LogP contribution >= 0.6 is 11.8 Å². The fraction of sp³-hybridized carbons (Fsp3) is 0.526. The number of benzene rings is 1. The number of rotatable bonds is 3. The summed E-state index contributed by atoms with van der Waals surface area (Å²) in [4.78, 5) is 43.6. The molecule has 2 atom stereocenters. The highest BCUT2D eigenvalue weighted by atomic mass is 32.2. The van der Waals surface area contributed by atoms with Crippen LogP contribution in [-0.4, -0.2) is 57.4 Å². The van der Waals surface area contributed by atoms with Crippen molar-refractivity contribution in [2.45, 2.75) is 51.5 Å². The van der Waals surface area contributed by atoms with Crippen molar-refractivity contribution in [2.24, 2.45) is 0 Å². The maximum atomic E-state index is 12.5. The molecule has 0 aliphatic carbocycles. The van der Waals surface area contributed by atoms with Crippen LogP contribution in [0.3, 0.4) is 0 Å². The summed E-state index contributed by atoms with van der Waals surface area (Å²) in [6.07, 6.45) is -1.22. The van der Waals surface area contributed by atoms with Gasteiger partial charge in [-0.2, -0.15) is 0 Å². The van der Waals surface area contributed by atoms with Gasteiger partial charge in [-0.25, -0.2) is 14.4 Å². The van der Waals surface area contributed by atoms with Crippen LogP contribution in [0, 0.1) is 0 Å². The third-order valence-corrected chi connectivity index (χ3v) is 5.29. The Morgan fingerprint density at radius 3 is 2.57 bits per heavy atom. The Labute approximate surface area is 168 Å². The van der Waals surface area contributed by atoms with Crippen molar-refractivity contribution >= 4 is 29.9 Å². The Morgan fingerprint density at radius 1 is 1.18 bits per heavy atom. The second-order valence-electron chi connectivity index (χ2n) is 7.62. The lowest BCUT2D eigenvalue weighted by atomic mass is 10.1. The van der Waals surface area contributed by atoms with E-state index in [9.17, 15) is 14.4 Å². The first-order chi connectivity index (χ1) is 13.2. The summed E-state index contributed by atoms with van der Waals surface area (Å²) in [5, 5.41) is 0.958. The lowest BCUT2D eigenvalue weighted by Gasteiger charge is -2.32. The Kier molecular flexibility index (Phi) is 6.02. The molecule has 2 heterocycles. The van der Waals surface area contributed by atoms with Crippen LogP contribution in [0.2, 0.25) is 0 Å². The number of amides is 2. The van der Waals surface area contributed by atoms with Crippen LogP contribution in [0.1, 0.15) is 32.8 Å². The van der Waals surface area contributed by atoms with E-state index in [1.54, 1.807) is 25.7 Å². The predicted molar refractivity (Wildman–Crippen MR) is 102 cm³/mol. The number of carbonyl (C=O) groups is 3. The standard InChI is InChI=1S/C19H24N2O6S/c1-19(2,3)26-17(23)20-12-28-11-15(20)14-9-16(22)27-21(14)18(24)25-10-13-7-5-4-6-8-13/h4-8,14-15H,9-12H2,1-3H3/t14-,15-/m0/s1. The molecular formula is C19H24N2O6S. The van der Waals surface area contributed by atoms with Crippen LogP contribution < -0.4 is 0 Å². The van der Waals surface area contributed by atoms with Crippen molar-refractivity contribution in [1.29, 1.82) is 0 Å². The maximum absolute atomic E-state index is 12.5. The number of hydrogen-bond donors (Lipinski definition) is 0. The fourth-order valence-electron chi connectivity index (χ4n) is 3.00. The topological polar surface area (TPSA) is 85.4 Å². The van der Waals surface area contributed by atoms with Gasteiger partial charge in [0.1, 0.15) is 18.2 Å². The minimum Gasteiger partial charge on any atom is -0.444 e. The monoisotopic (exact) mass is 408 g/mol. The Balaban J connectivity index is 1.67. The predicted octanol–water partition coefficient (Wildman–Crippen LogP) is 3.17. The van der Waals surface area contributed by atoms with E-state index in [4.69, 9.17) is 14.3 Å². The van der Waals surface area contributed by atoms with Crippen molar-refractivity contribution in [1.82, 2.24) is 9.96 Å². The van der Waals surface area contributed by atoms with Crippen molar-refractivity contribution in [3.05, 3.63) is 35.9 Å². The Morgan fingerprint density at radius 2 is 1.89 bits per heavy atom. The van der Waals surface area contributed by atoms with Crippen molar-refractivity contribution in [2.75, 3.05) is 11.6 Å². The van der Waals surface area contributed by atoms with E-state index in [1.165, 1.54) is 11.8 Å². The molecular weight excluding hydrogens is 384 g/mol. The van der Waals surface area contributed by atoms with Crippen LogP contribution in [0.4, 0.5) is 9.59 Å². The van der Waals surface area contributed by atoms with E-state index in [1.807, 2.05) is 30.3 Å². The van der Waals surface area contributed by atoms with Crippen molar-refractivity contribution in [3.8, 4) is 0 Å². The number of hydrogen-bond acceptors (Lipinski definition) is 7. The summed E-state index contributed by atoms with van der Waals surface area (Å²) in [6, 6.07) is 8.21. The summed E-state index contributed by atoms with van der Waals surface area (Å²) in [6.45, 7) is 5.44. The molecule has 152 valence electrons. The molecule has 9 heteroatoms. The van der Waals surface area contributed by atoms with Gasteiger partial charge in [-0.05, 0) is 26.3 Å².